The number of likely N-dealkylation sites (N-methyl/N-ethyl adjacent to an activating group) is 1. The number of ether oxygens (including phenoxy) is 2. The van der Waals surface area contributed by atoms with Crippen molar-refractivity contribution in [1.82, 2.24) is 10.2 Å². The van der Waals surface area contributed by atoms with Crippen LogP contribution in [0.3, 0.4) is 0 Å². The molecular weight excluding hydrogens is 609 g/mol. The zero-order valence-corrected chi connectivity index (χ0v) is 26.5. The normalized spacial score (nSPS) is 13.0. The maximum absolute atomic E-state index is 14.5. The predicted octanol–water partition coefficient (Wildman–Crippen LogP) is 4.88. The van der Waals surface area contributed by atoms with Crippen molar-refractivity contribution < 1.29 is 31.9 Å². The number of hydrogen-bond donors (Lipinski definition) is 1. The maximum Gasteiger partial charge on any atom is 0.264 e. The van der Waals surface area contributed by atoms with Crippen LogP contribution in [0.15, 0.2) is 102 Å². The summed E-state index contributed by atoms with van der Waals surface area (Å²) < 4.78 is 54.6. The molecule has 4 aromatic carbocycles. The third kappa shape index (κ3) is 7.66. The third-order valence-corrected chi connectivity index (χ3v) is 9.32. The average Bonchev–Trinajstić information content (AvgIpc) is 3.06. The SMILES string of the molecule is CCNC(=O)[C@H](Cc1ccccc1)N(Cc1cccc(C)c1)C(=O)CN(c1ccc(F)cc1)S(=O)(=O)c1ccc2c(c1)OCCO2. The van der Waals surface area contributed by atoms with E-state index >= 15 is 0 Å². The Morgan fingerprint density at radius 1 is 0.870 bits per heavy atom. The van der Waals surface area contributed by atoms with Crippen molar-refractivity contribution in [3.05, 3.63) is 120 Å². The topological polar surface area (TPSA) is 105 Å². The number of benzene rings is 4. The highest BCUT2D eigenvalue weighted by Crippen LogP contribution is 2.34. The monoisotopic (exact) mass is 645 g/mol. The van der Waals surface area contributed by atoms with Crippen LogP contribution in [0.5, 0.6) is 11.5 Å². The van der Waals surface area contributed by atoms with Gasteiger partial charge in [0.15, 0.2) is 11.5 Å². The molecule has 2 amide bonds. The lowest BCUT2D eigenvalue weighted by molar-refractivity contribution is -0.140. The maximum atomic E-state index is 14.5. The van der Waals surface area contributed by atoms with Gasteiger partial charge in [0.05, 0.1) is 10.6 Å². The summed E-state index contributed by atoms with van der Waals surface area (Å²) in [5, 5.41) is 2.84. The number of rotatable bonds is 12. The van der Waals surface area contributed by atoms with Crippen LogP contribution in [0.1, 0.15) is 23.6 Å². The van der Waals surface area contributed by atoms with E-state index in [-0.39, 0.29) is 41.8 Å². The minimum atomic E-state index is -4.40. The Morgan fingerprint density at radius 2 is 1.57 bits per heavy atom. The Balaban J connectivity index is 1.57. The number of nitrogens with zero attached hydrogens (tertiary/aromatic N) is 2. The number of carbonyl (C=O) groups excluding carboxylic acids is 2. The van der Waals surface area contributed by atoms with E-state index in [1.54, 1.807) is 6.92 Å². The van der Waals surface area contributed by atoms with Crippen molar-refractivity contribution in [1.29, 1.82) is 0 Å². The fourth-order valence-electron chi connectivity index (χ4n) is 5.30. The highest BCUT2D eigenvalue weighted by atomic mass is 32.2. The molecule has 240 valence electrons. The molecule has 5 rings (SSSR count). The second kappa shape index (κ2) is 14.5. The summed E-state index contributed by atoms with van der Waals surface area (Å²) >= 11 is 0. The van der Waals surface area contributed by atoms with Gasteiger partial charge in [-0.2, -0.15) is 0 Å². The second-order valence-electron chi connectivity index (χ2n) is 10.9. The molecular formula is C35H36FN3O6S. The minimum Gasteiger partial charge on any atom is -0.486 e. The van der Waals surface area contributed by atoms with Gasteiger partial charge in [-0.15, -0.1) is 0 Å². The number of fused-ring (bicyclic) bond motifs is 1. The summed E-state index contributed by atoms with van der Waals surface area (Å²) in [6.45, 7) is 4.05. The van der Waals surface area contributed by atoms with Crippen molar-refractivity contribution in [2.75, 3.05) is 30.6 Å². The van der Waals surface area contributed by atoms with E-state index in [0.717, 1.165) is 33.1 Å². The van der Waals surface area contributed by atoms with Crippen molar-refractivity contribution in [2.45, 2.75) is 37.8 Å². The van der Waals surface area contributed by atoms with Crippen molar-refractivity contribution >= 4 is 27.5 Å². The Bertz CT molecular complexity index is 1780. The molecule has 0 aliphatic carbocycles. The van der Waals surface area contributed by atoms with Crippen LogP contribution in [0, 0.1) is 12.7 Å². The van der Waals surface area contributed by atoms with Gasteiger partial charge in [0.1, 0.15) is 31.6 Å². The smallest absolute Gasteiger partial charge is 0.264 e. The largest absolute Gasteiger partial charge is 0.486 e. The van der Waals surface area contributed by atoms with Gasteiger partial charge < -0.3 is 19.7 Å². The van der Waals surface area contributed by atoms with Crippen LogP contribution in [0.25, 0.3) is 0 Å². The fraction of sp³-hybridized carbons (Fsp3) is 0.257. The van der Waals surface area contributed by atoms with Crippen molar-refractivity contribution in [3.8, 4) is 11.5 Å². The fourth-order valence-corrected chi connectivity index (χ4v) is 6.73. The third-order valence-electron chi connectivity index (χ3n) is 7.55. The number of nitrogens with one attached hydrogen (secondary N) is 1. The summed E-state index contributed by atoms with van der Waals surface area (Å²) in [6, 6.07) is 25.0. The molecule has 0 saturated heterocycles. The Labute approximate surface area is 268 Å². The van der Waals surface area contributed by atoms with E-state index in [1.165, 1.54) is 35.2 Å². The first kappa shape index (κ1) is 32.5. The van der Waals surface area contributed by atoms with Crippen molar-refractivity contribution in [3.63, 3.8) is 0 Å². The quantitative estimate of drug-likeness (QED) is 0.236. The zero-order valence-electron chi connectivity index (χ0n) is 25.7. The van der Waals surface area contributed by atoms with E-state index in [9.17, 15) is 22.4 Å². The second-order valence-corrected chi connectivity index (χ2v) is 12.8. The van der Waals surface area contributed by atoms with Crippen LogP contribution in [0.4, 0.5) is 10.1 Å². The highest BCUT2D eigenvalue weighted by Gasteiger charge is 2.35. The molecule has 0 aromatic heterocycles. The van der Waals surface area contributed by atoms with E-state index in [2.05, 4.69) is 5.32 Å². The number of anilines is 1. The molecule has 0 radical (unpaired) electrons. The van der Waals surface area contributed by atoms with E-state index < -0.39 is 34.3 Å². The Morgan fingerprint density at radius 3 is 2.26 bits per heavy atom. The molecule has 11 heteroatoms. The summed E-state index contributed by atoms with van der Waals surface area (Å²) in [4.78, 5) is 29.3. The summed E-state index contributed by atoms with van der Waals surface area (Å²) in [5.74, 6) is -0.871. The Kier molecular flexibility index (Phi) is 10.2. The summed E-state index contributed by atoms with van der Waals surface area (Å²) in [5.41, 5.74) is 2.66. The van der Waals surface area contributed by atoms with Gasteiger partial charge in [-0.05, 0) is 61.4 Å². The molecule has 1 heterocycles. The van der Waals surface area contributed by atoms with Crippen LogP contribution >= 0.6 is 0 Å². The molecule has 1 aliphatic rings. The van der Waals surface area contributed by atoms with Gasteiger partial charge in [0, 0.05) is 25.6 Å². The van der Waals surface area contributed by atoms with Gasteiger partial charge in [-0.25, -0.2) is 12.8 Å². The molecule has 0 spiro atoms. The summed E-state index contributed by atoms with van der Waals surface area (Å²) in [7, 11) is -4.40. The van der Waals surface area contributed by atoms with Gasteiger partial charge in [0.25, 0.3) is 10.0 Å². The molecule has 0 bridgehead atoms. The van der Waals surface area contributed by atoms with E-state index in [4.69, 9.17) is 9.47 Å². The molecule has 0 fully saturated rings. The number of hydrogen-bond acceptors (Lipinski definition) is 6. The van der Waals surface area contributed by atoms with Gasteiger partial charge in [-0.1, -0.05) is 60.2 Å². The first-order valence-corrected chi connectivity index (χ1v) is 16.4. The molecule has 46 heavy (non-hydrogen) atoms. The molecule has 0 saturated carbocycles. The lowest BCUT2D eigenvalue weighted by Gasteiger charge is -2.34. The van der Waals surface area contributed by atoms with Gasteiger partial charge >= 0.3 is 0 Å². The van der Waals surface area contributed by atoms with Crippen LogP contribution in [-0.2, 0) is 32.6 Å². The molecule has 4 aromatic rings. The molecule has 9 nitrogen and oxygen atoms in total. The van der Waals surface area contributed by atoms with Crippen LogP contribution in [0.2, 0.25) is 0 Å². The zero-order chi connectivity index (χ0) is 32.7. The number of sulfonamides is 1. The lowest BCUT2D eigenvalue weighted by Crippen LogP contribution is -2.53. The molecule has 1 aliphatic heterocycles. The first-order chi connectivity index (χ1) is 22.2. The minimum absolute atomic E-state index is 0.0521. The molecule has 1 atom stereocenters. The van der Waals surface area contributed by atoms with Gasteiger partial charge in [0.2, 0.25) is 11.8 Å². The molecule has 0 unspecified atom stereocenters. The van der Waals surface area contributed by atoms with Crippen LogP contribution in [-0.4, -0.2) is 57.5 Å². The first-order valence-electron chi connectivity index (χ1n) is 15.0. The average molecular weight is 646 g/mol. The van der Waals surface area contributed by atoms with Crippen LogP contribution < -0.4 is 19.1 Å². The number of carbonyl (C=O) groups is 2. The predicted molar refractivity (Wildman–Crippen MR) is 173 cm³/mol. The Hall–Kier alpha value is -4.90. The standard InChI is InChI=1S/C35H36FN3O6S/c1-3-37-35(41)31(21-26-9-5-4-6-10-26)38(23-27-11-7-8-25(2)20-27)34(40)24-39(29-14-12-28(36)13-15-29)46(42,43)30-16-17-32-33(22-30)45-19-18-44-32/h4-17,20,22,31H,3,18-19,21,23-24H2,1-2H3,(H,37,41)/t31-/m0/s1. The highest BCUT2D eigenvalue weighted by molar-refractivity contribution is 7.92. The summed E-state index contributed by atoms with van der Waals surface area (Å²) in [6.07, 6.45) is 0.204. The van der Waals surface area contributed by atoms with E-state index in [0.29, 0.717) is 18.9 Å². The van der Waals surface area contributed by atoms with E-state index in [1.807, 2.05) is 61.5 Å². The van der Waals surface area contributed by atoms with Gasteiger partial charge in [-0.3, -0.25) is 13.9 Å². The molecule has 1 N–H and O–H groups in total. The number of amides is 2. The lowest BCUT2D eigenvalue weighted by atomic mass is 10.0. The number of aryl methyl sites for hydroxylation is 1. The van der Waals surface area contributed by atoms with Crippen molar-refractivity contribution in [2.24, 2.45) is 0 Å². The number of halogens is 1.